The van der Waals surface area contributed by atoms with Crippen molar-refractivity contribution in [2.24, 2.45) is 11.8 Å². The summed E-state index contributed by atoms with van der Waals surface area (Å²) in [7, 11) is 0. The molecule has 1 N–H and O–H groups in total. The van der Waals surface area contributed by atoms with Crippen molar-refractivity contribution < 1.29 is 4.79 Å². The largest absolute Gasteiger partial charge is 0.352 e. The molecule has 1 aromatic carbocycles. The predicted octanol–water partition coefficient (Wildman–Crippen LogP) is 4.46. The zero-order valence-corrected chi connectivity index (χ0v) is 16.1. The first kappa shape index (κ1) is 18.4. The highest BCUT2D eigenvalue weighted by Gasteiger charge is 2.33. The zero-order valence-electron chi connectivity index (χ0n) is 16.1. The third-order valence-electron chi connectivity index (χ3n) is 5.86. The van der Waals surface area contributed by atoms with Gasteiger partial charge >= 0.3 is 0 Å². The quantitative estimate of drug-likeness (QED) is 0.876. The Morgan fingerprint density at radius 2 is 1.64 bits per heavy atom. The first-order chi connectivity index (χ1) is 12.0. The van der Waals surface area contributed by atoms with Gasteiger partial charge in [-0.05, 0) is 43.6 Å². The first-order valence-electron chi connectivity index (χ1n) is 10.1. The van der Waals surface area contributed by atoms with Crippen LogP contribution in [0.2, 0.25) is 0 Å². The average Bonchev–Trinajstić information content (AvgIpc) is 2.57. The lowest BCUT2D eigenvalue weighted by Crippen LogP contribution is -2.49. The van der Waals surface area contributed by atoms with Crippen LogP contribution in [0.25, 0.3) is 0 Å². The molecule has 2 aliphatic rings. The fourth-order valence-electron chi connectivity index (χ4n) is 4.73. The van der Waals surface area contributed by atoms with Gasteiger partial charge in [-0.3, -0.25) is 9.69 Å². The lowest BCUT2D eigenvalue weighted by Gasteiger charge is -2.40. The number of carbonyl (C=O) groups is 1. The van der Waals surface area contributed by atoms with E-state index in [2.05, 4.69) is 55.3 Å². The van der Waals surface area contributed by atoms with Crippen LogP contribution in [0.1, 0.15) is 69.5 Å². The summed E-state index contributed by atoms with van der Waals surface area (Å²) in [5.74, 6) is 1.51. The van der Waals surface area contributed by atoms with E-state index in [-0.39, 0.29) is 11.9 Å². The summed E-state index contributed by atoms with van der Waals surface area (Å²) in [6.45, 7) is 8.76. The molecule has 2 fully saturated rings. The molecule has 0 radical (unpaired) electrons. The fourth-order valence-corrected chi connectivity index (χ4v) is 4.73. The molecule has 1 aliphatic heterocycles. The number of nitrogens with one attached hydrogen (secondary N) is 1. The van der Waals surface area contributed by atoms with Crippen LogP contribution in [-0.4, -0.2) is 29.9 Å². The molecule has 1 saturated carbocycles. The van der Waals surface area contributed by atoms with Gasteiger partial charge in [-0.1, -0.05) is 62.9 Å². The van der Waals surface area contributed by atoms with Gasteiger partial charge in [-0.2, -0.15) is 0 Å². The highest BCUT2D eigenvalue weighted by molar-refractivity contribution is 5.83. The maximum Gasteiger partial charge on any atom is 0.242 e. The second kappa shape index (κ2) is 8.35. The van der Waals surface area contributed by atoms with Crippen molar-refractivity contribution in [3.05, 3.63) is 35.4 Å². The lowest BCUT2D eigenvalue weighted by molar-refractivity contribution is -0.128. The number of piperidine rings is 1. The lowest BCUT2D eigenvalue weighted by atomic mass is 9.89. The van der Waals surface area contributed by atoms with Gasteiger partial charge in [0, 0.05) is 19.1 Å². The second-order valence-electron chi connectivity index (χ2n) is 8.56. The molecule has 1 aliphatic carbocycles. The molecular formula is C22H34N2O. The number of benzene rings is 1. The van der Waals surface area contributed by atoms with Crippen LogP contribution < -0.4 is 5.32 Å². The topological polar surface area (TPSA) is 32.3 Å². The number of amides is 1. The summed E-state index contributed by atoms with van der Waals surface area (Å²) in [5.41, 5.74) is 2.38. The van der Waals surface area contributed by atoms with E-state index in [1.165, 1.54) is 31.2 Å². The minimum Gasteiger partial charge on any atom is -0.352 e. The number of hydrogen-bond acceptors (Lipinski definition) is 2. The van der Waals surface area contributed by atoms with Gasteiger partial charge in [0.25, 0.3) is 0 Å². The standard InChI is InChI=1S/C22H34N2O/c1-16-9-11-19(12-10-16)21(24-14-17(2)13-18(3)15-24)22(25)23-20-7-5-4-6-8-20/h9-12,17-18,20-21H,4-8,13-15H2,1-3H3,(H,23,25)/t17-,18+,21-/m0/s1. The molecule has 3 heteroatoms. The Morgan fingerprint density at radius 3 is 2.24 bits per heavy atom. The molecule has 3 nitrogen and oxygen atoms in total. The summed E-state index contributed by atoms with van der Waals surface area (Å²) in [6, 6.07) is 8.77. The predicted molar refractivity (Wildman–Crippen MR) is 103 cm³/mol. The minimum atomic E-state index is -0.146. The van der Waals surface area contributed by atoms with Crippen molar-refractivity contribution in [1.82, 2.24) is 10.2 Å². The Morgan fingerprint density at radius 1 is 1.04 bits per heavy atom. The van der Waals surface area contributed by atoms with Gasteiger partial charge in [0.15, 0.2) is 0 Å². The van der Waals surface area contributed by atoms with E-state index in [4.69, 9.17) is 0 Å². The van der Waals surface area contributed by atoms with Crippen molar-refractivity contribution in [2.45, 2.75) is 71.4 Å². The maximum atomic E-state index is 13.3. The van der Waals surface area contributed by atoms with Gasteiger partial charge in [0.2, 0.25) is 5.91 Å². The van der Waals surface area contributed by atoms with Gasteiger partial charge in [-0.15, -0.1) is 0 Å². The normalized spacial score (nSPS) is 27.0. The van der Waals surface area contributed by atoms with Crippen molar-refractivity contribution >= 4 is 5.91 Å². The molecular weight excluding hydrogens is 308 g/mol. The molecule has 1 heterocycles. The van der Waals surface area contributed by atoms with Crippen molar-refractivity contribution in [1.29, 1.82) is 0 Å². The van der Waals surface area contributed by atoms with E-state index in [1.54, 1.807) is 0 Å². The molecule has 0 aromatic heterocycles. The Bertz CT molecular complexity index is 552. The number of rotatable bonds is 4. The van der Waals surface area contributed by atoms with Crippen LogP contribution in [0.15, 0.2) is 24.3 Å². The highest BCUT2D eigenvalue weighted by Crippen LogP contribution is 2.30. The minimum absolute atomic E-state index is 0.146. The van der Waals surface area contributed by atoms with Crippen LogP contribution in [-0.2, 0) is 4.79 Å². The SMILES string of the molecule is Cc1ccc([C@@H](C(=O)NC2CCCCC2)N2C[C@H](C)C[C@H](C)C2)cc1. The fraction of sp³-hybridized carbons (Fsp3) is 0.682. The maximum absolute atomic E-state index is 13.3. The van der Waals surface area contributed by atoms with E-state index >= 15 is 0 Å². The Kier molecular flexibility index (Phi) is 6.16. The average molecular weight is 343 g/mol. The molecule has 25 heavy (non-hydrogen) atoms. The molecule has 3 atom stereocenters. The van der Waals surface area contributed by atoms with Crippen molar-refractivity contribution in [3.63, 3.8) is 0 Å². The van der Waals surface area contributed by atoms with Gasteiger partial charge in [0.1, 0.15) is 6.04 Å². The number of carbonyl (C=O) groups excluding carboxylic acids is 1. The monoisotopic (exact) mass is 342 g/mol. The molecule has 138 valence electrons. The van der Waals surface area contributed by atoms with Crippen LogP contribution in [0.5, 0.6) is 0 Å². The van der Waals surface area contributed by atoms with Gasteiger partial charge in [0.05, 0.1) is 0 Å². The summed E-state index contributed by atoms with van der Waals surface area (Å²) >= 11 is 0. The molecule has 0 unspecified atom stereocenters. The number of nitrogens with zero attached hydrogens (tertiary/aromatic N) is 1. The number of aryl methyl sites for hydroxylation is 1. The van der Waals surface area contributed by atoms with Crippen molar-refractivity contribution in [3.8, 4) is 0 Å². The van der Waals surface area contributed by atoms with E-state index in [1.807, 2.05) is 0 Å². The van der Waals surface area contributed by atoms with Crippen molar-refractivity contribution in [2.75, 3.05) is 13.1 Å². The molecule has 0 spiro atoms. The Hall–Kier alpha value is -1.35. The van der Waals surface area contributed by atoms with Crippen LogP contribution >= 0.6 is 0 Å². The third kappa shape index (κ3) is 4.84. The second-order valence-corrected chi connectivity index (χ2v) is 8.56. The molecule has 1 aromatic rings. The van der Waals surface area contributed by atoms with E-state index in [0.29, 0.717) is 17.9 Å². The number of hydrogen-bond donors (Lipinski definition) is 1. The molecule has 3 rings (SSSR count). The summed E-state index contributed by atoms with van der Waals surface area (Å²) in [5, 5.41) is 3.38. The Balaban J connectivity index is 1.80. The van der Waals surface area contributed by atoms with E-state index in [9.17, 15) is 4.79 Å². The van der Waals surface area contributed by atoms with Crippen LogP contribution in [0, 0.1) is 18.8 Å². The molecule has 1 amide bonds. The summed E-state index contributed by atoms with van der Waals surface area (Å²) in [6.07, 6.45) is 7.35. The zero-order chi connectivity index (χ0) is 17.8. The van der Waals surface area contributed by atoms with Crippen LogP contribution in [0.4, 0.5) is 0 Å². The summed E-state index contributed by atoms with van der Waals surface area (Å²) in [4.78, 5) is 15.7. The van der Waals surface area contributed by atoms with E-state index < -0.39 is 0 Å². The number of likely N-dealkylation sites (tertiary alicyclic amines) is 1. The smallest absolute Gasteiger partial charge is 0.242 e. The molecule has 1 saturated heterocycles. The van der Waals surface area contributed by atoms with Gasteiger partial charge < -0.3 is 5.32 Å². The third-order valence-corrected chi connectivity index (χ3v) is 5.86. The molecule has 0 bridgehead atoms. The van der Waals surface area contributed by atoms with E-state index in [0.717, 1.165) is 31.5 Å². The van der Waals surface area contributed by atoms with Gasteiger partial charge in [-0.25, -0.2) is 0 Å². The Labute approximate surface area is 153 Å². The summed E-state index contributed by atoms with van der Waals surface area (Å²) < 4.78 is 0. The highest BCUT2D eigenvalue weighted by atomic mass is 16.2. The van der Waals surface area contributed by atoms with Crippen LogP contribution in [0.3, 0.4) is 0 Å². The first-order valence-corrected chi connectivity index (χ1v) is 10.1.